The molecule has 0 fully saturated rings. The van der Waals surface area contributed by atoms with Crippen LogP contribution in [0.4, 0.5) is 0 Å². The third kappa shape index (κ3) is 3.30. The Hall–Kier alpha value is 0.01000. The Morgan fingerprint density at radius 2 is 2.21 bits per heavy atom. The van der Waals surface area contributed by atoms with E-state index in [4.69, 9.17) is 5.73 Å². The number of nitrogens with two attached hydrogens (primary N) is 1. The van der Waals surface area contributed by atoms with Crippen LogP contribution in [-0.4, -0.2) is 5.25 Å². The fourth-order valence-electron chi connectivity index (χ4n) is 1.08. The molecule has 0 aliphatic heterocycles. The van der Waals surface area contributed by atoms with E-state index in [9.17, 15) is 0 Å². The van der Waals surface area contributed by atoms with Gasteiger partial charge >= 0.3 is 0 Å². The van der Waals surface area contributed by atoms with Gasteiger partial charge in [0.15, 0.2) is 0 Å². The standard InChI is InChI=1S/C11H16BrNS/c1-3-8(2)14-10-5-4-9(7-13)11(12)6-10/h4-6,8H,3,7,13H2,1-2H3. The van der Waals surface area contributed by atoms with Crippen LogP contribution in [0, 0.1) is 0 Å². The van der Waals surface area contributed by atoms with Crippen molar-refractivity contribution in [1.82, 2.24) is 0 Å². The summed E-state index contributed by atoms with van der Waals surface area (Å²) in [5.41, 5.74) is 6.76. The third-order valence-corrected chi connectivity index (χ3v) is 4.16. The molecule has 2 N–H and O–H groups in total. The van der Waals surface area contributed by atoms with Crippen molar-refractivity contribution in [3.8, 4) is 0 Å². The van der Waals surface area contributed by atoms with E-state index in [0.717, 1.165) is 4.47 Å². The molecule has 1 rings (SSSR count). The molecule has 1 atom stereocenters. The predicted molar refractivity (Wildman–Crippen MR) is 67.6 cm³/mol. The number of hydrogen-bond donors (Lipinski definition) is 1. The third-order valence-electron chi connectivity index (χ3n) is 2.16. The molecule has 0 saturated carbocycles. The van der Waals surface area contributed by atoms with Gasteiger partial charge in [-0.2, -0.15) is 0 Å². The number of hydrogen-bond acceptors (Lipinski definition) is 2. The second-order valence-corrected chi connectivity index (χ2v) is 5.66. The summed E-state index contributed by atoms with van der Waals surface area (Å²) in [6.07, 6.45) is 1.20. The van der Waals surface area contributed by atoms with Crippen molar-refractivity contribution in [2.75, 3.05) is 0 Å². The predicted octanol–water partition coefficient (Wildman–Crippen LogP) is 3.80. The van der Waals surface area contributed by atoms with Gasteiger partial charge in [-0.05, 0) is 24.1 Å². The Morgan fingerprint density at radius 1 is 1.50 bits per heavy atom. The molecule has 0 aliphatic rings. The summed E-state index contributed by atoms with van der Waals surface area (Å²) in [5.74, 6) is 0. The summed E-state index contributed by atoms with van der Waals surface area (Å²) < 4.78 is 1.12. The molecule has 0 radical (unpaired) electrons. The molecule has 0 spiro atoms. The summed E-state index contributed by atoms with van der Waals surface area (Å²) in [4.78, 5) is 1.31. The van der Waals surface area contributed by atoms with Crippen LogP contribution >= 0.6 is 27.7 Å². The van der Waals surface area contributed by atoms with E-state index in [0.29, 0.717) is 11.8 Å². The van der Waals surface area contributed by atoms with Gasteiger partial charge in [0.25, 0.3) is 0 Å². The van der Waals surface area contributed by atoms with Gasteiger partial charge in [-0.15, -0.1) is 11.8 Å². The first kappa shape index (κ1) is 12.1. The summed E-state index contributed by atoms with van der Waals surface area (Å²) in [6.45, 7) is 5.05. The molecular weight excluding hydrogens is 258 g/mol. The lowest BCUT2D eigenvalue weighted by atomic mass is 10.2. The van der Waals surface area contributed by atoms with Gasteiger partial charge in [0, 0.05) is 21.2 Å². The van der Waals surface area contributed by atoms with E-state index >= 15 is 0 Å². The fraction of sp³-hybridized carbons (Fsp3) is 0.455. The van der Waals surface area contributed by atoms with Crippen molar-refractivity contribution in [1.29, 1.82) is 0 Å². The maximum Gasteiger partial charge on any atom is 0.0231 e. The molecule has 0 heterocycles. The van der Waals surface area contributed by atoms with E-state index in [2.05, 4.69) is 48.0 Å². The van der Waals surface area contributed by atoms with Gasteiger partial charge in [0.05, 0.1) is 0 Å². The molecule has 0 bridgehead atoms. The van der Waals surface area contributed by atoms with Crippen molar-refractivity contribution in [2.45, 2.75) is 37.0 Å². The first-order valence-electron chi connectivity index (χ1n) is 4.82. The molecular formula is C11H16BrNS. The molecule has 14 heavy (non-hydrogen) atoms. The van der Waals surface area contributed by atoms with E-state index in [1.54, 1.807) is 0 Å². The maximum atomic E-state index is 5.59. The topological polar surface area (TPSA) is 26.0 Å². The number of benzene rings is 1. The van der Waals surface area contributed by atoms with Crippen molar-refractivity contribution < 1.29 is 0 Å². The number of rotatable bonds is 4. The van der Waals surface area contributed by atoms with Gasteiger partial charge in [-0.1, -0.05) is 35.8 Å². The summed E-state index contributed by atoms with van der Waals surface area (Å²) in [6, 6.07) is 6.39. The first-order chi connectivity index (χ1) is 6.67. The van der Waals surface area contributed by atoms with Crippen LogP contribution in [0.3, 0.4) is 0 Å². The molecule has 0 amide bonds. The van der Waals surface area contributed by atoms with Gasteiger partial charge in [0.1, 0.15) is 0 Å². The highest BCUT2D eigenvalue weighted by Crippen LogP contribution is 2.29. The van der Waals surface area contributed by atoms with E-state index < -0.39 is 0 Å². The van der Waals surface area contributed by atoms with E-state index in [1.165, 1.54) is 16.9 Å². The van der Waals surface area contributed by atoms with Crippen molar-refractivity contribution >= 4 is 27.7 Å². The average molecular weight is 274 g/mol. The first-order valence-corrected chi connectivity index (χ1v) is 6.49. The number of thioether (sulfide) groups is 1. The van der Waals surface area contributed by atoms with Gasteiger partial charge in [-0.25, -0.2) is 0 Å². The molecule has 3 heteroatoms. The lowest BCUT2D eigenvalue weighted by molar-refractivity contribution is 0.905. The minimum absolute atomic E-state index is 0.592. The van der Waals surface area contributed by atoms with Crippen LogP contribution in [0.5, 0.6) is 0 Å². The SMILES string of the molecule is CCC(C)Sc1ccc(CN)c(Br)c1. The zero-order valence-electron chi connectivity index (χ0n) is 8.59. The second kappa shape index (κ2) is 5.79. The number of halogens is 1. The van der Waals surface area contributed by atoms with E-state index in [-0.39, 0.29) is 0 Å². The van der Waals surface area contributed by atoms with Crippen LogP contribution in [-0.2, 0) is 6.54 Å². The normalized spacial score (nSPS) is 12.9. The summed E-state index contributed by atoms with van der Waals surface area (Å²) in [7, 11) is 0. The van der Waals surface area contributed by atoms with Crippen LogP contribution < -0.4 is 5.73 Å². The molecule has 1 aromatic carbocycles. The minimum atomic E-state index is 0.592. The highest BCUT2D eigenvalue weighted by atomic mass is 79.9. The van der Waals surface area contributed by atoms with Crippen LogP contribution in [0.1, 0.15) is 25.8 Å². The van der Waals surface area contributed by atoms with Gasteiger partial charge in [0.2, 0.25) is 0 Å². The summed E-state index contributed by atoms with van der Waals surface area (Å²) in [5, 5.41) is 0.672. The highest BCUT2D eigenvalue weighted by molar-refractivity contribution is 9.10. The maximum absolute atomic E-state index is 5.59. The average Bonchev–Trinajstić information content (AvgIpc) is 2.18. The van der Waals surface area contributed by atoms with Crippen LogP contribution in [0.2, 0.25) is 0 Å². The Balaban J connectivity index is 2.76. The molecule has 1 nitrogen and oxygen atoms in total. The van der Waals surface area contributed by atoms with Crippen molar-refractivity contribution in [2.24, 2.45) is 5.73 Å². The van der Waals surface area contributed by atoms with Gasteiger partial charge < -0.3 is 5.73 Å². The lowest BCUT2D eigenvalue weighted by Crippen LogP contribution is -1.97. The fourth-order valence-corrected chi connectivity index (χ4v) is 2.74. The lowest BCUT2D eigenvalue weighted by Gasteiger charge is -2.09. The molecule has 0 aromatic heterocycles. The Morgan fingerprint density at radius 3 is 2.71 bits per heavy atom. The Bertz CT molecular complexity index is 301. The highest BCUT2D eigenvalue weighted by Gasteiger charge is 2.04. The van der Waals surface area contributed by atoms with Crippen LogP contribution in [0.15, 0.2) is 27.6 Å². The minimum Gasteiger partial charge on any atom is -0.326 e. The quantitative estimate of drug-likeness (QED) is 0.845. The zero-order valence-corrected chi connectivity index (χ0v) is 11.0. The molecule has 1 aromatic rings. The molecule has 0 saturated heterocycles. The summed E-state index contributed by atoms with van der Waals surface area (Å²) >= 11 is 5.43. The zero-order chi connectivity index (χ0) is 10.6. The molecule has 78 valence electrons. The second-order valence-electron chi connectivity index (χ2n) is 3.29. The molecule has 0 aliphatic carbocycles. The Labute approximate surface area is 98.6 Å². The molecule has 1 unspecified atom stereocenters. The van der Waals surface area contributed by atoms with Crippen molar-refractivity contribution in [3.05, 3.63) is 28.2 Å². The van der Waals surface area contributed by atoms with Crippen molar-refractivity contribution in [3.63, 3.8) is 0 Å². The van der Waals surface area contributed by atoms with Crippen LogP contribution in [0.25, 0.3) is 0 Å². The van der Waals surface area contributed by atoms with Gasteiger partial charge in [-0.3, -0.25) is 0 Å². The Kier molecular flexibility index (Phi) is 4.99. The van der Waals surface area contributed by atoms with E-state index in [1.807, 2.05) is 11.8 Å². The largest absolute Gasteiger partial charge is 0.326 e. The smallest absolute Gasteiger partial charge is 0.0231 e. The monoisotopic (exact) mass is 273 g/mol.